The molecular formula is C19H18N2O2. The van der Waals surface area contributed by atoms with Gasteiger partial charge in [-0.15, -0.1) is 0 Å². The average Bonchev–Trinajstić information content (AvgIpc) is 3.05. The number of ether oxygens (including phenoxy) is 1. The first kappa shape index (κ1) is 15.0. The maximum absolute atomic E-state index is 11.2. The molecule has 0 radical (unpaired) electrons. The topological polar surface area (TPSA) is 55.0 Å². The monoisotopic (exact) mass is 306 g/mol. The normalized spacial score (nSPS) is 10.5. The molecule has 0 bridgehead atoms. The number of rotatable bonds is 5. The first-order valence-corrected chi connectivity index (χ1v) is 7.46. The van der Waals surface area contributed by atoms with E-state index < -0.39 is 0 Å². The molecular weight excluding hydrogens is 288 g/mol. The Labute approximate surface area is 135 Å². The van der Waals surface area contributed by atoms with Crippen molar-refractivity contribution >= 4 is 6.29 Å². The van der Waals surface area contributed by atoms with Crippen molar-refractivity contribution in [3.05, 3.63) is 70.9 Å². The van der Waals surface area contributed by atoms with Gasteiger partial charge in [-0.3, -0.25) is 9.89 Å². The third-order valence-electron chi connectivity index (χ3n) is 3.90. The first-order chi connectivity index (χ1) is 11.2. The summed E-state index contributed by atoms with van der Waals surface area (Å²) in [5.41, 5.74) is 5.44. The largest absolute Gasteiger partial charge is 0.488 e. The Hall–Kier alpha value is -2.88. The van der Waals surface area contributed by atoms with Crippen molar-refractivity contribution in [1.29, 1.82) is 0 Å². The molecule has 0 aliphatic rings. The number of hydrogen-bond acceptors (Lipinski definition) is 3. The van der Waals surface area contributed by atoms with Crippen LogP contribution in [-0.2, 0) is 6.61 Å². The molecule has 0 fully saturated rings. The van der Waals surface area contributed by atoms with Crippen LogP contribution in [-0.4, -0.2) is 16.5 Å². The fourth-order valence-electron chi connectivity index (χ4n) is 2.44. The minimum Gasteiger partial charge on any atom is -0.488 e. The molecule has 0 spiro atoms. The third-order valence-corrected chi connectivity index (χ3v) is 3.90. The summed E-state index contributed by atoms with van der Waals surface area (Å²) in [7, 11) is 0. The Bertz CT molecular complexity index is 823. The molecule has 0 atom stereocenters. The van der Waals surface area contributed by atoms with Gasteiger partial charge in [-0.2, -0.15) is 5.10 Å². The second-order valence-corrected chi connectivity index (χ2v) is 5.53. The summed E-state index contributed by atoms with van der Waals surface area (Å²) in [5.74, 6) is 0.740. The maximum atomic E-state index is 11.2. The van der Waals surface area contributed by atoms with Crippen LogP contribution in [0.15, 0.2) is 48.7 Å². The second kappa shape index (κ2) is 6.48. The lowest BCUT2D eigenvalue weighted by atomic mass is 10.0. The second-order valence-electron chi connectivity index (χ2n) is 5.53. The number of aryl methyl sites for hydroxylation is 2. The molecule has 1 heterocycles. The summed E-state index contributed by atoms with van der Waals surface area (Å²) in [4.78, 5) is 11.2. The average molecular weight is 306 g/mol. The molecule has 4 heteroatoms. The Kier molecular flexibility index (Phi) is 4.24. The number of benzene rings is 2. The van der Waals surface area contributed by atoms with Crippen molar-refractivity contribution in [2.45, 2.75) is 20.5 Å². The van der Waals surface area contributed by atoms with Gasteiger partial charge in [-0.1, -0.05) is 30.3 Å². The van der Waals surface area contributed by atoms with Gasteiger partial charge in [0.2, 0.25) is 0 Å². The van der Waals surface area contributed by atoms with Crippen LogP contribution in [0, 0.1) is 13.8 Å². The van der Waals surface area contributed by atoms with Crippen LogP contribution in [0.5, 0.6) is 5.75 Å². The van der Waals surface area contributed by atoms with Crippen molar-refractivity contribution in [3.8, 4) is 17.0 Å². The highest BCUT2D eigenvalue weighted by molar-refractivity contribution is 5.87. The van der Waals surface area contributed by atoms with E-state index in [1.807, 2.05) is 56.3 Å². The Balaban J connectivity index is 1.98. The van der Waals surface area contributed by atoms with Crippen LogP contribution >= 0.6 is 0 Å². The summed E-state index contributed by atoms with van der Waals surface area (Å²) < 4.78 is 6.02. The van der Waals surface area contributed by atoms with Gasteiger partial charge < -0.3 is 4.74 Å². The van der Waals surface area contributed by atoms with Gasteiger partial charge in [-0.25, -0.2) is 0 Å². The molecule has 1 N–H and O–H groups in total. The number of H-pyrrole nitrogens is 1. The molecule has 116 valence electrons. The molecule has 0 unspecified atom stereocenters. The number of aromatic nitrogens is 2. The van der Waals surface area contributed by atoms with Gasteiger partial charge in [0.05, 0.1) is 17.5 Å². The van der Waals surface area contributed by atoms with E-state index in [1.165, 1.54) is 6.20 Å². The number of hydrogen-bond donors (Lipinski definition) is 1. The van der Waals surface area contributed by atoms with E-state index in [2.05, 4.69) is 10.2 Å². The molecule has 2 aromatic carbocycles. The highest BCUT2D eigenvalue weighted by Crippen LogP contribution is 2.33. The maximum Gasteiger partial charge on any atom is 0.153 e. The zero-order valence-corrected chi connectivity index (χ0v) is 13.2. The van der Waals surface area contributed by atoms with Crippen LogP contribution in [0.25, 0.3) is 11.3 Å². The molecule has 1 aromatic heterocycles. The highest BCUT2D eigenvalue weighted by Gasteiger charge is 2.14. The Morgan fingerprint density at radius 1 is 1.13 bits per heavy atom. The summed E-state index contributed by atoms with van der Waals surface area (Å²) in [5, 5.41) is 6.87. The quantitative estimate of drug-likeness (QED) is 0.722. The summed E-state index contributed by atoms with van der Waals surface area (Å²) in [6.45, 7) is 4.56. The predicted octanol–water partition coefficient (Wildman–Crippen LogP) is 4.09. The standard InChI is InChI=1S/C19H18N2O2/c1-13-8-17(19-16(11-22)10-20-21-19)18(9-14(13)2)23-12-15-6-4-3-5-7-15/h3-11H,12H2,1-2H3,(H,20,21). The van der Waals surface area contributed by atoms with Crippen LogP contribution in [0.3, 0.4) is 0 Å². The van der Waals surface area contributed by atoms with Crippen LogP contribution in [0.4, 0.5) is 0 Å². The summed E-state index contributed by atoms with van der Waals surface area (Å²) in [6, 6.07) is 14.0. The predicted molar refractivity (Wildman–Crippen MR) is 89.7 cm³/mol. The zero-order valence-electron chi connectivity index (χ0n) is 13.2. The third kappa shape index (κ3) is 3.16. The van der Waals surface area contributed by atoms with E-state index in [0.29, 0.717) is 17.9 Å². The van der Waals surface area contributed by atoms with Crippen molar-refractivity contribution in [3.63, 3.8) is 0 Å². The number of nitrogens with one attached hydrogen (secondary N) is 1. The van der Waals surface area contributed by atoms with Gasteiger partial charge in [0.1, 0.15) is 12.4 Å². The molecule has 0 saturated heterocycles. The van der Waals surface area contributed by atoms with Crippen molar-refractivity contribution < 1.29 is 9.53 Å². The molecule has 4 nitrogen and oxygen atoms in total. The summed E-state index contributed by atoms with van der Waals surface area (Å²) >= 11 is 0. The molecule has 3 aromatic rings. The van der Waals surface area contributed by atoms with Gasteiger partial charge in [0.25, 0.3) is 0 Å². The van der Waals surface area contributed by atoms with Gasteiger partial charge in [0.15, 0.2) is 6.29 Å². The highest BCUT2D eigenvalue weighted by atomic mass is 16.5. The molecule has 0 aliphatic heterocycles. The number of carbonyl (C=O) groups is 1. The fourth-order valence-corrected chi connectivity index (χ4v) is 2.44. The van der Waals surface area contributed by atoms with Gasteiger partial charge >= 0.3 is 0 Å². The molecule has 3 rings (SSSR count). The summed E-state index contributed by atoms with van der Waals surface area (Å²) in [6.07, 6.45) is 2.33. The molecule has 0 saturated carbocycles. The van der Waals surface area contributed by atoms with E-state index in [0.717, 1.165) is 34.3 Å². The number of aldehydes is 1. The zero-order chi connectivity index (χ0) is 16.2. The lowest BCUT2D eigenvalue weighted by Gasteiger charge is -2.14. The molecule has 0 amide bonds. The Morgan fingerprint density at radius 3 is 2.61 bits per heavy atom. The van der Waals surface area contributed by atoms with Crippen molar-refractivity contribution in [2.75, 3.05) is 0 Å². The van der Waals surface area contributed by atoms with Crippen LogP contribution in [0.1, 0.15) is 27.0 Å². The van der Waals surface area contributed by atoms with E-state index in [-0.39, 0.29) is 0 Å². The minimum absolute atomic E-state index is 0.473. The lowest BCUT2D eigenvalue weighted by molar-refractivity contribution is 0.112. The number of nitrogens with zero attached hydrogens (tertiary/aromatic N) is 1. The van der Waals surface area contributed by atoms with E-state index in [1.54, 1.807) is 0 Å². The van der Waals surface area contributed by atoms with Crippen molar-refractivity contribution in [2.24, 2.45) is 0 Å². The van der Waals surface area contributed by atoms with Crippen LogP contribution < -0.4 is 4.74 Å². The van der Waals surface area contributed by atoms with E-state index >= 15 is 0 Å². The van der Waals surface area contributed by atoms with Crippen LogP contribution in [0.2, 0.25) is 0 Å². The van der Waals surface area contributed by atoms with Gasteiger partial charge in [-0.05, 0) is 42.7 Å². The first-order valence-electron chi connectivity index (χ1n) is 7.46. The minimum atomic E-state index is 0.473. The van der Waals surface area contributed by atoms with E-state index in [4.69, 9.17) is 4.74 Å². The SMILES string of the molecule is Cc1cc(OCc2ccccc2)c(-c2[nH]ncc2C=O)cc1C. The van der Waals surface area contributed by atoms with Crippen molar-refractivity contribution in [1.82, 2.24) is 10.2 Å². The smallest absolute Gasteiger partial charge is 0.153 e. The van der Waals surface area contributed by atoms with Gasteiger partial charge in [0, 0.05) is 5.56 Å². The molecule has 23 heavy (non-hydrogen) atoms. The lowest BCUT2D eigenvalue weighted by Crippen LogP contribution is -1.99. The Morgan fingerprint density at radius 2 is 1.87 bits per heavy atom. The van der Waals surface area contributed by atoms with E-state index in [9.17, 15) is 4.79 Å². The number of aromatic amines is 1. The molecule has 0 aliphatic carbocycles. The number of carbonyl (C=O) groups excluding carboxylic acids is 1. The fraction of sp³-hybridized carbons (Fsp3) is 0.158.